The quantitative estimate of drug-likeness (QED) is 0.0201. The smallest absolute Gasteiger partial charge is 0.249 e. The maximum Gasteiger partial charge on any atom is 0.249 e. The summed E-state index contributed by atoms with van der Waals surface area (Å²) in [6.07, 6.45) is 6.44. The third-order valence-corrected chi connectivity index (χ3v) is 16.1. The van der Waals surface area contributed by atoms with E-state index in [9.17, 15) is 28.8 Å². The molecule has 1 aliphatic rings. The number of hydrogen-bond donors (Lipinski definition) is 16. The van der Waals surface area contributed by atoms with Crippen LogP contribution in [0.1, 0.15) is 112 Å². The summed E-state index contributed by atoms with van der Waals surface area (Å²) in [6, 6.07) is 45.4. The van der Waals surface area contributed by atoms with Crippen LogP contribution in [0.15, 0.2) is 171 Å². The van der Waals surface area contributed by atoms with Gasteiger partial charge in [0.15, 0.2) is 29.8 Å². The standard InChI is InChI=1S/C17H20N4O.2C15H24N4O.C11H15N3O.C9H10Cl2N4O.C9H18N4O/c18-17(19)20-11-16(22)21(12-14-7-3-1-4-8-14)13-15-9-5-2-6-10-15;1-9(2)13(19(5)15(16)17)14(20)18-12-10(3)7-6-8-11(12)4;1-9(2)8-12(18-15(16)17)14(20)19-13-10(3)6-5-7-11(13)4;1-9(12)13-8-11(15)14-7-10-5-3-2-4-6-10;10-5-2-1-3-6(11)8(5)15-7(16)4-14-9(12)13;10-9(11)12-6-8(14)13-7-4-2-1-3-5-7/h1-10H,11-13H2,(H4,18,19,20);6-9,13H,1-5H3,(H3,16,17)(H,18,20);5-7,9,12H,8H2,1-4H3,(H,19,20)(H4,16,17,18);2-6H,7-8H2,1H3,(H2,12,13)(H,14,15);1-3H,4H2,(H,15,16)(H4,12,13,14);7H,1-6H2,(H,13,14)(H4,10,11,12)/t;13-;12-;;;/m.00.../s1. The van der Waals surface area contributed by atoms with E-state index in [1.54, 1.807) is 37.1 Å². The number of guanidine groups is 5. The van der Waals surface area contributed by atoms with Crippen molar-refractivity contribution in [2.45, 2.75) is 139 Å². The van der Waals surface area contributed by atoms with Crippen molar-refractivity contribution >= 4 is 111 Å². The molecule has 6 amide bonds. The van der Waals surface area contributed by atoms with E-state index in [4.69, 9.17) is 85.9 Å². The lowest BCUT2D eigenvalue weighted by Gasteiger charge is -2.30. The molecule has 0 bridgehead atoms. The molecule has 0 aromatic heterocycles. The van der Waals surface area contributed by atoms with Crippen molar-refractivity contribution in [2.24, 2.45) is 94.1 Å². The number of anilines is 3. The van der Waals surface area contributed by atoms with Crippen LogP contribution in [0.3, 0.4) is 0 Å². The molecule has 107 heavy (non-hydrogen) atoms. The van der Waals surface area contributed by atoms with Crippen LogP contribution >= 0.6 is 23.2 Å². The highest BCUT2D eigenvalue weighted by Crippen LogP contribution is 2.30. The number of aryl methyl sites for hydroxylation is 4. The molecule has 1 saturated carbocycles. The van der Waals surface area contributed by atoms with E-state index >= 15 is 0 Å². The number of aliphatic imine (C=N–C) groups is 5. The number of hydrogen-bond acceptors (Lipinski definition) is 12. The molecule has 1 aliphatic carbocycles. The molecule has 0 unspecified atom stereocenters. The number of rotatable bonds is 25. The lowest BCUT2D eigenvalue weighted by molar-refractivity contribution is -0.131. The van der Waals surface area contributed by atoms with Crippen molar-refractivity contribution in [3.63, 3.8) is 0 Å². The molecular formula is C76H111Cl2N23O6. The molecule has 6 aromatic carbocycles. The van der Waals surface area contributed by atoms with Crippen LogP contribution in [0.5, 0.6) is 0 Å². The minimum Gasteiger partial charge on any atom is -0.388 e. The second-order valence-corrected chi connectivity index (χ2v) is 26.4. The van der Waals surface area contributed by atoms with Crippen molar-refractivity contribution in [1.29, 1.82) is 5.41 Å². The van der Waals surface area contributed by atoms with Crippen LogP contribution in [-0.2, 0) is 48.4 Å². The summed E-state index contributed by atoms with van der Waals surface area (Å²) >= 11 is 11.7. The van der Waals surface area contributed by atoms with Gasteiger partial charge in [-0.3, -0.25) is 39.2 Å². The highest BCUT2D eigenvalue weighted by Gasteiger charge is 2.28. The molecule has 29 nitrogen and oxygen atoms in total. The summed E-state index contributed by atoms with van der Waals surface area (Å²) in [6.45, 7) is 18.9. The molecular weight excluding hydrogens is 1400 g/mol. The van der Waals surface area contributed by atoms with Gasteiger partial charge in [0.05, 0.1) is 21.6 Å². The summed E-state index contributed by atoms with van der Waals surface area (Å²) in [4.78, 5) is 93.2. The van der Waals surface area contributed by atoms with Crippen LogP contribution in [0, 0.1) is 44.9 Å². The van der Waals surface area contributed by atoms with E-state index in [0.29, 0.717) is 59.6 Å². The van der Waals surface area contributed by atoms with Gasteiger partial charge < -0.3 is 93.7 Å². The zero-order chi connectivity index (χ0) is 80.1. The Hall–Kier alpha value is -11.5. The van der Waals surface area contributed by atoms with Gasteiger partial charge in [-0.2, -0.15) is 0 Å². The average molecular weight is 1510 g/mol. The van der Waals surface area contributed by atoms with Crippen molar-refractivity contribution in [2.75, 3.05) is 49.2 Å². The zero-order valence-electron chi connectivity index (χ0n) is 63.0. The zero-order valence-corrected chi connectivity index (χ0v) is 64.6. The van der Waals surface area contributed by atoms with Crippen molar-refractivity contribution < 1.29 is 28.8 Å². The van der Waals surface area contributed by atoms with Crippen LogP contribution in [0.4, 0.5) is 17.1 Å². The fourth-order valence-electron chi connectivity index (χ4n) is 10.1. The van der Waals surface area contributed by atoms with Crippen molar-refractivity contribution in [3.05, 3.63) is 195 Å². The molecule has 6 aromatic rings. The lowest BCUT2D eigenvalue weighted by Crippen LogP contribution is -2.50. The summed E-state index contributed by atoms with van der Waals surface area (Å²) in [5.41, 5.74) is 61.9. The van der Waals surface area contributed by atoms with Crippen molar-refractivity contribution in [1.82, 2.24) is 20.4 Å². The Morgan fingerprint density at radius 1 is 0.495 bits per heavy atom. The first-order valence-electron chi connectivity index (χ1n) is 34.6. The highest BCUT2D eigenvalue weighted by atomic mass is 35.5. The molecule has 0 spiro atoms. The molecule has 0 heterocycles. The molecule has 580 valence electrons. The van der Waals surface area contributed by atoms with E-state index in [1.807, 2.05) is 183 Å². The predicted molar refractivity (Wildman–Crippen MR) is 436 cm³/mol. The lowest BCUT2D eigenvalue weighted by atomic mass is 9.95. The first kappa shape index (κ1) is 91.6. The summed E-state index contributed by atoms with van der Waals surface area (Å²) in [5.74, 6) is -0.687. The molecule has 1 fully saturated rings. The molecule has 0 saturated heterocycles. The van der Waals surface area contributed by atoms with Gasteiger partial charge in [-0.05, 0) is 117 Å². The Bertz CT molecular complexity index is 3810. The Labute approximate surface area is 639 Å². The topological polar surface area (TPSA) is 515 Å². The molecule has 2 atom stereocenters. The summed E-state index contributed by atoms with van der Waals surface area (Å²) < 4.78 is 0. The predicted octanol–water partition coefficient (Wildman–Crippen LogP) is 7.10. The SMILES string of the molecule is CC(N)=NCC(=O)NCc1ccccc1.Cc1cccc(C)c1NC(=O)[C@H](C(C)C)N(C)C(=N)N.Cc1cccc(C)c1NC(=O)[C@H](CC(C)C)N=C(N)N.NC(N)=NCC(=O)N(Cc1ccccc1)Cc1ccccc1.NC(N)=NCC(=O)NC1CCCCC1.NC(N)=NCC(=O)Nc1c(Cl)cccc1Cl. The minimum absolute atomic E-state index is 0.0382. The van der Waals surface area contributed by atoms with Gasteiger partial charge in [-0.15, -0.1) is 0 Å². The van der Waals surface area contributed by atoms with Gasteiger partial charge >= 0.3 is 0 Å². The van der Waals surface area contributed by atoms with Gasteiger partial charge in [0.2, 0.25) is 35.4 Å². The number of para-hydroxylation sites is 3. The molecule has 7 rings (SSSR count). The summed E-state index contributed by atoms with van der Waals surface area (Å²) in [7, 11) is 1.66. The first-order valence-corrected chi connectivity index (χ1v) is 35.4. The number of amides is 6. The Kier molecular flexibility index (Phi) is 42.9. The number of likely N-dealkylation sites (N-methyl/N-ethyl adjacent to an activating group) is 1. The van der Waals surface area contributed by atoms with Crippen LogP contribution in [0.2, 0.25) is 10.0 Å². The van der Waals surface area contributed by atoms with E-state index in [1.165, 1.54) is 24.2 Å². The third-order valence-electron chi connectivity index (χ3n) is 15.5. The Balaban J connectivity index is 0.000000439. The van der Waals surface area contributed by atoms with Crippen molar-refractivity contribution in [3.8, 4) is 0 Å². The van der Waals surface area contributed by atoms with E-state index in [2.05, 4.69) is 51.5 Å². The first-order chi connectivity index (χ1) is 50.6. The Morgan fingerprint density at radius 3 is 1.32 bits per heavy atom. The number of amidine groups is 1. The van der Waals surface area contributed by atoms with Gasteiger partial charge in [-0.25, -0.2) is 20.0 Å². The number of carbonyl (C=O) groups is 6. The molecule has 0 aliphatic heterocycles. The van der Waals surface area contributed by atoms with Crippen LogP contribution < -0.4 is 83.9 Å². The number of halogens is 2. The van der Waals surface area contributed by atoms with Gasteiger partial charge in [0.1, 0.15) is 38.3 Å². The fourth-order valence-corrected chi connectivity index (χ4v) is 10.6. The second kappa shape index (κ2) is 50.1. The van der Waals surface area contributed by atoms with E-state index < -0.39 is 18.0 Å². The maximum atomic E-state index is 12.5. The molecule has 0 radical (unpaired) electrons. The highest BCUT2D eigenvalue weighted by molar-refractivity contribution is 6.39. The largest absolute Gasteiger partial charge is 0.388 e. The maximum absolute atomic E-state index is 12.5. The fraction of sp³-hybridized carbons (Fsp3) is 0.368. The average Bonchev–Trinajstić information content (AvgIpc) is 0.856. The van der Waals surface area contributed by atoms with Gasteiger partial charge in [-0.1, -0.05) is 204 Å². The van der Waals surface area contributed by atoms with Crippen LogP contribution in [0.25, 0.3) is 0 Å². The number of nitrogens with one attached hydrogen (secondary N) is 6. The van der Waals surface area contributed by atoms with E-state index in [0.717, 1.165) is 63.2 Å². The number of benzene rings is 6. The Morgan fingerprint density at radius 2 is 0.907 bits per heavy atom. The number of nitrogens with zero attached hydrogens (tertiary/aromatic N) is 7. The van der Waals surface area contributed by atoms with Gasteiger partial charge in [0, 0.05) is 44.1 Å². The normalized spacial score (nSPS) is 11.9. The van der Waals surface area contributed by atoms with Gasteiger partial charge in [0.25, 0.3) is 0 Å². The molecule has 31 heteroatoms. The number of nitrogens with two attached hydrogens (primary N) is 10. The monoisotopic (exact) mass is 1510 g/mol. The molecule has 26 N–H and O–H groups in total. The third kappa shape index (κ3) is 39.3. The van der Waals surface area contributed by atoms with E-state index in [-0.39, 0.29) is 91.4 Å². The second-order valence-electron chi connectivity index (χ2n) is 25.6. The summed E-state index contributed by atoms with van der Waals surface area (Å²) in [5, 5.41) is 22.3. The minimum atomic E-state index is -0.556. The van der Waals surface area contributed by atoms with Crippen LogP contribution in [-0.4, -0.2) is 132 Å². The number of carbonyl (C=O) groups excluding carboxylic acids is 6.